The highest BCUT2D eigenvalue weighted by molar-refractivity contribution is 7.98. The highest BCUT2D eigenvalue weighted by Gasteiger charge is 2.13. The summed E-state index contributed by atoms with van der Waals surface area (Å²) in [6.45, 7) is 2.96. The number of rotatable bonds is 3. The van der Waals surface area contributed by atoms with Crippen LogP contribution in [-0.2, 0) is 6.54 Å². The van der Waals surface area contributed by atoms with E-state index in [0.717, 1.165) is 29.0 Å². The van der Waals surface area contributed by atoms with Crippen LogP contribution in [0.3, 0.4) is 0 Å². The van der Waals surface area contributed by atoms with Crippen molar-refractivity contribution >= 4 is 28.6 Å². The van der Waals surface area contributed by atoms with Crippen LogP contribution >= 0.6 is 11.8 Å². The normalized spacial score (nSPS) is 11.1. The summed E-state index contributed by atoms with van der Waals surface area (Å²) < 4.78 is 1.89. The van der Waals surface area contributed by atoms with Gasteiger partial charge in [0, 0.05) is 6.54 Å². The fraction of sp³-hybridized carbons (Fsp3) is 0.444. The topological polar surface area (TPSA) is 69.6 Å². The van der Waals surface area contributed by atoms with Crippen molar-refractivity contribution in [2.75, 3.05) is 12.0 Å². The Kier molecular flexibility index (Phi) is 2.77. The van der Waals surface area contributed by atoms with Gasteiger partial charge in [-0.05, 0) is 12.7 Å². The second-order valence-electron chi connectivity index (χ2n) is 3.19. The maximum absolute atomic E-state index is 5.82. The molecule has 5 nitrogen and oxygen atoms in total. The van der Waals surface area contributed by atoms with Gasteiger partial charge in [0.2, 0.25) is 0 Å². The minimum absolute atomic E-state index is 0.506. The molecule has 0 aliphatic heterocycles. The number of thioether (sulfide) groups is 1. The van der Waals surface area contributed by atoms with Crippen LogP contribution in [-0.4, -0.2) is 26.0 Å². The molecule has 2 aromatic heterocycles. The van der Waals surface area contributed by atoms with Gasteiger partial charge in [-0.2, -0.15) is 5.10 Å². The molecule has 0 saturated carbocycles. The Balaban J connectivity index is 2.69. The predicted octanol–water partition coefficient (Wildman–Crippen LogP) is 1.54. The van der Waals surface area contributed by atoms with Crippen molar-refractivity contribution in [3.05, 3.63) is 6.33 Å². The summed E-state index contributed by atoms with van der Waals surface area (Å²) >= 11 is 1.57. The van der Waals surface area contributed by atoms with Crippen LogP contribution in [0.15, 0.2) is 11.4 Å². The van der Waals surface area contributed by atoms with Gasteiger partial charge in [-0.3, -0.25) is 0 Å². The lowest BCUT2D eigenvalue weighted by Gasteiger charge is -1.98. The Bertz CT molecular complexity index is 479. The lowest BCUT2D eigenvalue weighted by molar-refractivity contribution is 0.602. The average Bonchev–Trinajstić information content (AvgIpc) is 2.59. The highest BCUT2D eigenvalue weighted by Crippen LogP contribution is 2.27. The van der Waals surface area contributed by atoms with Crippen molar-refractivity contribution < 1.29 is 0 Å². The van der Waals surface area contributed by atoms with Crippen molar-refractivity contribution in [2.24, 2.45) is 0 Å². The van der Waals surface area contributed by atoms with Crippen LogP contribution < -0.4 is 5.73 Å². The summed E-state index contributed by atoms with van der Waals surface area (Å²) in [6, 6.07) is 0. The van der Waals surface area contributed by atoms with Gasteiger partial charge in [0.05, 0.1) is 5.39 Å². The Morgan fingerprint density at radius 2 is 2.27 bits per heavy atom. The Morgan fingerprint density at radius 3 is 2.93 bits per heavy atom. The summed E-state index contributed by atoms with van der Waals surface area (Å²) in [4.78, 5) is 8.21. The standard InChI is InChI=1S/C9H13N5S/c1-3-4-14-8-6(9(13-14)15-2)7(10)11-5-12-8/h5H,3-4H2,1-2H3,(H2,10,11,12). The lowest BCUT2D eigenvalue weighted by atomic mass is 10.4. The summed E-state index contributed by atoms with van der Waals surface area (Å²) in [5, 5.41) is 6.23. The van der Waals surface area contributed by atoms with E-state index in [9.17, 15) is 0 Å². The number of nitrogens with two attached hydrogens (primary N) is 1. The van der Waals surface area contributed by atoms with E-state index < -0.39 is 0 Å². The summed E-state index contributed by atoms with van der Waals surface area (Å²) in [6.07, 6.45) is 4.48. The molecule has 0 spiro atoms. The zero-order chi connectivity index (χ0) is 10.8. The van der Waals surface area contributed by atoms with Crippen LogP contribution in [0.25, 0.3) is 11.0 Å². The van der Waals surface area contributed by atoms with Gasteiger partial charge in [0.25, 0.3) is 0 Å². The molecule has 0 radical (unpaired) electrons. The number of nitrogen functional groups attached to an aromatic ring is 1. The molecular formula is C9H13N5S. The molecule has 2 rings (SSSR count). The number of aromatic nitrogens is 4. The van der Waals surface area contributed by atoms with Crippen molar-refractivity contribution in [2.45, 2.75) is 24.9 Å². The zero-order valence-corrected chi connectivity index (χ0v) is 9.58. The van der Waals surface area contributed by atoms with Crippen LogP contribution in [0.2, 0.25) is 0 Å². The molecule has 2 heterocycles. The molecule has 0 aliphatic carbocycles. The van der Waals surface area contributed by atoms with E-state index in [-0.39, 0.29) is 0 Å². The summed E-state index contributed by atoms with van der Waals surface area (Å²) in [5.41, 5.74) is 6.65. The third-order valence-electron chi connectivity index (χ3n) is 2.16. The van der Waals surface area contributed by atoms with Crippen LogP contribution in [0.1, 0.15) is 13.3 Å². The number of hydrogen-bond donors (Lipinski definition) is 1. The Morgan fingerprint density at radius 1 is 1.47 bits per heavy atom. The van der Waals surface area contributed by atoms with Gasteiger partial charge < -0.3 is 5.73 Å². The molecule has 0 saturated heterocycles. The van der Waals surface area contributed by atoms with Crippen molar-refractivity contribution in [1.82, 2.24) is 19.7 Å². The Hall–Kier alpha value is -1.30. The van der Waals surface area contributed by atoms with E-state index in [0.29, 0.717) is 5.82 Å². The molecule has 0 atom stereocenters. The van der Waals surface area contributed by atoms with Crippen molar-refractivity contribution in [3.8, 4) is 0 Å². The summed E-state index contributed by atoms with van der Waals surface area (Å²) in [5.74, 6) is 0.506. The van der Waals surface area contributed by atoms with Gasteiger partial charge in [0.15, 0.2) is 5.65 Å². The molecule has 0 bridgehead atoms. The van der Waals surface area contributed by atoms with E-state index in [2.05, 4.69) is 22.0 Å². The van der Waals surface area contributed by atoms with Crippen molar-refractivity contribution in [3.63, 3.8) is 0 Å². The second-order valence-corrected chi connectivity index (χ2v) is 3.98. The quantitative estimate of drug-likeness (QED) is 0.799. The molecule has 80 valence electrons. The molecule has 2 N–H and O–H groups in total. The van der Waals surface area contributed by atoms with Gasteiger partial charge in [-0.15, -0.1) is 11.8 Å². The molecular weight excluding hydrogens is 210 g/mol. The van der Waals surface area contributed by atoms with Crippen LogP contribution in [0.5, 0.6) is 0 Å². The monoisotopic (exact) mass is 223 g/mol. The number of fused-ring (bicyclic) bond motifs is 1. The third-order valence-corrected chi connectivity index (χ3v) is 2.83. The number of anilines is 1. The first-order valence-electron chi connectivity index (χ1n) is 4.79. The van der Waals surface area contributed by atoms with E-state index in [1.807, 2.05) is 10.9 Å². The van der Waals surface area contributed by atoms with E-state index in [1.54, 1.807) is 11.8 Å². The molecule has 0 aliphatic rings. The molecule has 15 heavy (non-hydrogen) atoms. The SMILES string of the molecule is CCCn1nc(SC)c2c(N)ncnc21. The fourth-order valence-corrected chi connectivity index (χ4v) is 2.09. The van der Waals surface area contributed by atoms with Gasteiger partial charge >= 0.3 is 0 Å². The molecule has 0 unspecified atom stereocenters. The maximum atomic E-state index is 5.82. The lowest BCUT2D eigenvalue weighted by Crippen LogP contribution is -2.00. The number of nitrogens with zero attached hydrogens (tertiary/aromatic N) is 4. The average molecular weight is 223 g/mol. The van der Waals surface area contributed by atoms with E-state index >= 15 is 0 Å². The highest BCUT2D eigenvalue weighted by atomic mass is 32.2. The molecule has 2 aromatic rings. The number of hydrogen-bond acceptors (Lipinski definition) is 5. The van der Waals surface area contributed by atoms with Gasteiger partial charge in [0.1, 0.15) is 17.2 Å². The fourth-order valence-electron chi connectivity index (χ4n) is 1.51. The van der Waals surface area contributed by atoms with Crippen LogP contribution in [0.4, 0.5) is 5.82 Å². The molecule has 0 amide bonds. The first-order valence-corrected chi connectivity index (χ1v) is 6.01. The van der Waals surface area contributed by atoms with Gasteiger partial charge in [-0.1, -0.05) is 6.92 Å². The minimum atomic E-state index is 0.506. The maximum Gasteiger partial charge on any atom is 0.164 e. The van der Waals surface area contributed by atoms with Crippen molar-refractivity contribution in [1.29, 1.82) is 0 Å². The summed E-state index contributed by atoms with van der Waals surface area (Å²) in [7, 11) is 0. The number of aryl methyl sites for hydroxylation is 1. The first-order chi connectivity index (χ1) is 7.27. The third kappa shape index (κ3) is 1.65. The predicted molar refractivity (Wildman–Crippen MR) is 61.8 cm³/mol. The first kappa shape index (κ1) is 10.2. The molecule has 0 aromatic carbocycles. The van der Waals surface area contributed by atoms with Crippen LogP contribution in [0, 0.1) is 0 Å². The van der Waals surface area contributed by atoms with E-state index in [1.165, 1.54) is 6.33 Å². The smallest absolute Gasteiger partial charge is 0.164 e. The molecule has 6 heteroatoms. The second kappa shape index (κ2) is 4.06. The van der Waals surface area contributed by atoms with Gasteiger partial charge in [-0.25, -0.2) is 14.6 Å². The largest absolute Gasteiger partial charge is 0.383 e. The van der Waals surface area contributed by atoms with E-state index in [4.69, 9.17) is 5.73 Å². The Labute approximate surface area is 92.1 Å². The zero-order valence-electron chi connectivity index (χ0n) is 8.77. The molecule has 0 fully saturated rings. The minimum Gasteiger partial charge on any atom is -0.383 e.